The molecule has 4 aliphatic carbocycles. The fourth-order valence-electron chi connectivity index (χ4n) is 8.42. The van der Waals surface area contributed by atoms with Crippen LogP contribution < -0.4 is 5.32 Å². The zero-order valence-corrected chi connectivity index (χ0v) is 23.6. The van der Waals surface area contributed by atoms with Crippen LogP contribution in [0.5, 0.6) is 0 Å². The van der Waals surface area contributed by atoms with Gasteiger partial charge in [-0.05, 0) is 80.6 Å². The number of carbonyl (C=O) groups excluding carboxylic acids is 4. The molecule has 0 aromatic heterocycles. The summed E-state index contributed by atoms with van der Waals surface area (Å²) in [4.78, 5) is 60.1. The molecule has 0 aromatic carbocycles. The van der Waals surface area contributed by atoms with Gasteiger partial charge in [0.15, 0.2) is 12.4 Å². The van der Waals surface area contributed by atoms with E-state index in [0.717, 1.165) is 18.4 Å². The number of hydrogen-bond acceptors (Lipinski definition) is 8. The average molecular weight is 562 g/mol. The summed E-state index contributed by atoms with van der Waals surface area (Å²) in [5, 5.41) is 34.5. The van der Waals surface area contributed by atoms with E-state index in [2.05, 4.69) is 12.2 Å². The van der Waals surface area contributed by atoms with Gasteiger partial charge in [-0.3, -0.25) is 24.0 Å². The van der Waals surface area contributed by atoms with E-state index in [9.17, 15) is 34.2 Å². The Labute approximate surface area is 234 Å². The lowest BCUT2D eigenvalue weighted by atomic mass is 9.45. The number of aliphatic hydroxyl groups excluding tert-OH is 1. The average Bonchev–Trinajstić information content (AvgIpc) is 3.16. The Morgan fingerprint density at radius 3 is 2.52 bits per heavy atom. The second kappa shape index (κ2) is 11.7. The Balaban J connectivity index is 1.31. The van der Waals surface area contributed by atoms with Gasteiger partial charge in [0.1, 0.15) is 5.60 Å². The van der Waals surface area contributed by atoms with Crippen LogP contribution in [0.3, 0.4) is 0 Å². The maximum Gasteiger partial charge on any atom is 0.306 e. The van der Waals surface area contributed by atoms with Gasteiger partial charge in [-0.15, -0.1) is 0 Å². The number of ketones is 2. The van der Waals surface area contributed by atoms with E-state index >= 15 is 0 Å². The predicted molar refractivity (Wildman–Crippen MR) is 143 cm³/mol. The number of carboxylic acids is 1. The Morgan fingerprint density at radius 1 is 1.05 bits per heavy atom. The molecule has 0 heterocycles. The molecule has 3 fully saturated rings. The first kappa shape index (κ1) is 30.4. The molecular weight excluding hydrogens is 518 g/mol. The van der Waals surface area contributed by atoms with Gasteiger partial charge >= 0.3 is 11.9 Å². The third-order valence-electron chi connectivity index (χ3n) is 10.6. The fourth-order valence-corrected chi connectivity index (χ4v) is 8.42. The van der Waals surface area contributed by atoms with E-state index in [4.69, 9.17) is 9.84 Å². The van der Waals surface area contributed by atoms with Gasteiger partial charge < -0.3 is 25.4 Å². The summed E-state index contributed by atoms with van der Waals surface area (Å²) in [5.74, 6) is -2.29. The number of fused-ring (bicyclic) bond motifs is 5. The van der Waals surface area contributed by atoms with Crippen molar-refractivity contribution in [3.8, 4) is 0 Å². The van der Waals surface area contributed by atoms with E-state index in [1.54, 1.807) is 6.08 Å². The molecule has 10 nitrogen and oxygen atoms in total. The minimum absolute atomic E-state index is 0.0285. The van der Waals surface area contributed by atoms with Crippen LogP contribution in [-0.4, -0.2) is 69.6 Å². The molecular formula is C30H43NO9. The molecule has 4 N–H and O–H groups in total. The number of esters is 1. The number of allylic oxidation sites excluding steroid dienone is 1. The number of carbonyl (C=O) groups is 5. The highest BCUT2D eigenvalue weighted by atomic mass is 16.5. The topological polar surface area (TPSA) is 167 Å². The summed E-state index contributed by atoms with van der Waals surface area (Å²) in [6.07, 6.45) is 5.61. The molecule has 0 radical (unpaired) electrons. The minimum atomic E-state index is -1.73. The number of unbranched alkanes of at least 4 members (excludes halogenated alkanes) is 1. The lowest BCUT2D eigenvalue weighted by Gasteiger charge is -2.60. The molecule has 0 unspecified atom stereocenters. The molecule has 3 saturated carbocycles. The van der Waals surface area contributed by atoms with Gasteiger partial charge in [-0.2, -0.15) is 0 Å². The fraction of sp³-hybridized carbons (Fsp3) is 0.767. The van der Waals surface area contributed by atoms with Crippen LogP contribution in [0.4, 0.5) is 0 Å². The Morgan fingerprint density at radius 2 is 1.80 bits per heavy atom. The Bertz CT molecular complexity index is 1090. The molecule has 40 heavy (non-hydrogen) atoms. The maximum atomic E-state index is 13.3. The number of carboxylic acid groups (broad SMARTS) is 1. The molecule has 4 rings (SSSR count). The second-order valence-electron chi connectivity index (χ2n) is 12.8. The second-order valence-corrected chi connectivity index (χ2v) is 12.8. The highest BCUT2D eigenvalue weighted by molar-refractivity contribution is 5.92. The maximum absolute atomic E-state index is 13.3. The molecule has 7 atom stereocenters. The smallest absolute Gasteiger partial charge is 0.306 e. The van der Waals surface area contributed by atoms with E-state index in [0.29, 0.717) is 38.6 Å². The van der Waals surface area contributed by atoms with Gasteiger partial charge in [0, 0.05) is 31.2 Å². The quantitative estimate of drug-likeness (QED) is 0.219. The van der Waals surface area contributed by atoms with Crippen LogP contribution in [0, 0.1) is 28.6 Å². The van der Waals surface area contributed by atoms with Crippen molar-refractivity contribution in [3.63, 3.8) is 0 Å². The summed E-state index contributed by atoms with van der Waals surface area (Å²) in [7, 11) is 0. The van der Waals surface area contributed by atoms with Crippen molar-refractivity contribution in [1.82, 2.24) is 5.32 Å². The molecule has 10 heteroatoms. The number of aliphatic hydroxyl groups is 2. The van der Waals surface area contributed by atoms with E-state index in [1.165, 1.54) is 0 Å². The van der Waals surface area contributed by atoms with Gasteiger partial charge in [-0.1, -0.05) is 19.4 Å². The normalized spacial score (nSPS) is 36.5. The summed E-state index contributed by atoms with van der Waals surface area (Å²) >= 11 is 0. The standard InChI is InChI=1S/C30H43NO9/c1-28-12-10-19(32)15-18(28)6-7-20-21-11-13-30(39,29(21,2)16-22(33)27(20)28)23(34)17-40-26(38)9-8-24(35)31-14-4-3-5-25(36)37/h15,20-22,27,33,39H,3-14,16-17H2,1-2H3,(H,31,35)(H,36,37)/t20-,21-,22-,27+,28-,29-,30-/m0/s1. The molecule has 1 amide bonds. The first-order chi connectivity index (χ1) is 18.8. The van der Waals surface area contributed by atoms with Crippen LogP contribution in [0.15, 0.2) is 11.6 Å². The zero-order valence-electron chi connectivity index (χ0n) is 23.6. The third kappa shape index (κ3) is 5.62. The summed E-state index contributed by atoms with van der Waals surface area (Å²) in [5.41, 5.74) is -1.73. The summed E-state index contributed by atoms with van der Waals surface area (Å²) in [6.45, 7) is 3.75. The highest BCUT2D eigenvalue weighted by Crippen LogP contribution is 2.67. The van der Waals surface area contributed by atoms with Crippen molar-refractivity contribution in [2.45, 2.75) is 103 Å². The van der Waals surface area contributed by atoms with Crippen LogP contribution in [0.25, 0.3) is 0 Å². The van der Waals surface area contributed by atoms with Crippen LogP contribution in [-0.2, 0) is 28.7 Å². The van der Waals surface area contributed by atoms with Crippen LogP contribution in [0.2, 0.25) is 0 Å². The number of ether oxygens (including phenoxy) is 1. The molecule has 0 saturated heterocycles. The first-order valence-electron chi connectivity index (χ1n) is 14.6. The monoisotopic (exact) mass is 561 g/mol. The van der Waals surface area contributed by atoms with Gasteiger partial charge in [0.2, 0.25) is 11.7 Å². The van der Waals surface area contributed by atoms with E-state index in [-0.39, 0.29) is 67.0 Å². The highest BCUT2D eigenvalue weighted by Gasteiger charge is 2.68. The predicted octanol–water partition coefficient (Wildman–Crippen LogP) is 2.48. The molecule has 0 spiro atoms. The van der Waals surface area contributed by atoms with Crippen LogP contribution >= 0.6 is 0 Å². The van der Waals surface area contributed by atoms with Crippen molar-refractivity contribution in [2.75, 3.05) is 13.2 Å². The lowest BCUT2D eigenvalue weighted by Crippen LogP contribution is -2.62. The van der Waals surface area contributed by atoms with E-state index in [1.807, 2.05) is 6.92 Å². The number of nitrogens with one attached hydrogen (secondary N) is 1. The van der Waals surface area contributed by atoms with Crippen molar-refractivity contribution in [3.05, 3.63) is 11.6 Å². The Kier molecular flexibility index (Phi) is 8.90. The number of Topliss-reactive ketones (excluding diaryl/α,β-unsaturated/α-hetero) is 1. The van der Waals surface area contributed by atoms with Crippen molar-refractivity contribution < 1.29 is 44.0 Å². The van der Waals surface area contributed by atoms with Crippen molar-refractivity contribution >= 4 is 29.4 Å². The van der Waals surface area contributed by atoms with Crippen molar-refractivity contribution in [1.29, 1.82) is 0 Å². The zero-order chi connectivity index (χ0) is 29.3. The van der Waals surface area contributed by atoms with Crippen LogP contribution in [0.1, 0.15) is 90.9 Å². The van der Waals surface area contributed by atoms with Crippen molar-refractivity contribution in [2.24, 2.45) is 28.6 Å². The summed E-state index contributed by atoms with van der Waals surface area (Å²) < 4.78 is 5.16. The van der Waals surface area contributed by atoms with Gasteiger partial charge in [-0.25, -0.2) is 0 Å². The molecule has 0 aromatic rings. The molecule has 4 aliphatic rings. The third-order valence-corrected chi connectivity index (χ3v) is 10.6. The largest absolute Gasteiger partial charge is 0.481 e. The lowest BCUT2D eigenvalue weighted by molar-refractivity contribution is -0.184. The molecule has 0 aliphatic heterocycles. The minimum Gasteiger partial charge on any atom is -0.481 e. The molecule has 222 valence electrons. The number of hydrogen-bond donors (Lipinski definition) is 4. The molecule has 0 bridgehead atoms. The number of aliphatic carboxylic acids is 1. The SMILES string of the molecule is C[C@]12CCC(=O)C=C1CC[C@@H]1[C@@H]2[C@@H](O)C[C@@]2(C)[C@H]1CC[C@]2(O)C(=O)COC(=O)CCC(=O)NCCCCC(=O)O. The van der Waals surface area contributed by atoms with Gasteiger partial charge in [0.05, 0.1) is 12.5 Å². The van der Waals surface area contributed by atoms with E-state index < -0.39 is 41.4 Å². The number of rotatable bonds is 11. The first-order valence-corrected chi connectivity index (χ1v) is 14.6. The number of amides is 1. The van der Waals surface area contributed by atoms with Gasteiger partial charge in [0.25, 0.3) is 0 Å². The summed E-state index contributed by atoms with van der Waals surface area (Å²) in [6, 6.07) is 0. The Hall–Kier alpha value is -2.59.